The number of amides is 1. The number of rotatable bonds is 7. The van der Waals surface area contributed by atoms with E-state index in [4.69, 9.17) is 0 Å². The molecule has 0 aliphatic carbocycles. The summed E-state index contributed by atoms with van der Waals surface area (Å²) in [5.74, 6) is 0.940. The predicted octanol–water partition coefficient (Wildman–Crippen LogP) is 4.15. The maximum atomic E-state index is 13.5. The van der Waals surface area contributed by atoms with Gasteiger partial charge in [0.2, 0.25) is 5.91 Å². The summed E-state index contributed by atoms with van der Waals surface area (Å²) in [5.41, 5.74) is 1.45. The highest BCUT2D eigenvalue weighted by Crippen LogP contribution is 2.26. The predicted molar refractivity (Wildman–Crippen MR) is 110 cm³/mol. The molecule has 0 saturated carbocycles. The minimum Gasteiger partial charge on any atom is -0.356 e. The van der Waals surface area contributed by atoms with Gasteiger partial charge in [-0.1, -0.05) is 25.5 Å². The van der Waals surface area contributed by atoms with Crippen LogP contribution < -0.4 is 4.90 Å². The van der Waals surface area contributed by atoms with E-state index in [9.17, 15) is 9.18 Å². The van der Waals surface area contributed by atoms with E-state index >= 15 is 0 Å². The molecule has 0 atom stereocenters. The standard InChI is InChI=1S/C22H29FN4O/c1-3-5-11-26(4-2)22(28)17-9-12-27(13-10-17)21-15-20(24-16-25-21)18-7-6-8-19(23)14-18/h6-8,14-17H,3-5,9-13H2,1-2H3. The van der Waals surface area contributed by atoms with Gasteiger partial charge in [-0.25, -0.2) is 14.4 Å². The lowest BCUT2D eigenvalue weighted by Gasteiger charge is -2.34. The van der Waals surface area contributed by atoms with E-state index in [-0.39, 0.29) is 11.7 Å². The summed E-state index contributed by atoms with van der Waals surface area (Å²) in [6, 6.07) is 8.33. The zero-order chi connectivity index (χ0) is 19.9. The van der Waals surface area contributed by atoms with Crippen molar-refractivity contribution in [1.82, 2.24) is 14.9 Å². The van der Waals surface area contributed by atoms with Gasteiger partial charge in [0.05, 0.1) is 5.69 Å². The lowest BCUT2D eigenvalue weighted by Crippen LogP contribution is -2.43. The first-order chi connectivity index (χ1) is 13.6. The van der Waals surface area contributed by atoms with Crippen LogP contribution in [0.3, 0.4) is 0 Å². The number of hydrogen-bond donors (Lipinski definition) is 0. The van der Waals surface area contributed by atoms with Crippen LogP contribution in [0.15, 0.2) is 36.7 Å². The van der Waals surface area contributed by atoms with Crippen molar-refractivity contribution < 1.29 is 9.18 Å². The van der Waals surface area contributed by atoms with Crippen LogP contribution in [0.4, 0.5) is 10.2 Å². The quantitative estimate of drug-likeness (QED) is 0.720. The van der Waals surface area contributed by atoms with Gasteiger partial charge in [-0.2, -0.15) is 0 Å². The Kier molecular flexibility index (Phi) is 6.95. The molecule has 1 amide bonds. The molecule has 1 fully saturated rings. The second-order valence-corrected chi connectivity index (χ2v) is 7.30. The molecule has 2 heterocycles. The zero-order valence-electron chi connectivity index (χ0n) is 16.8. The third kappa shape index (κ3) is 4.86. The van der Waals surface area contributed by atoms with E-state index < -0.39 is 0 Å². The van der Waals surface area contributed by atoms with Crippen molar-refractivity contribution in [2.75, 3.05) is 31.1 Å². The lowest BCUT2D eigenvalue weighted by molar-refractivity contribution is -0.136. The minimum absolute atomic E-state index is 0.0950. The summed E-state index contributed by atoms with van der Waals surface area (Å²) in [5, 5.41) is 0. The number of benzene rings is 1. The van der Waals surface area contributed by atoms with Gasteiger partial charge in [-0.3, -0.25) is 4.79 Å². The van der Waals surface area contributed by atoms with E-state index in [1.807, 2.05) is 17.0 Å². The van der Waals surface area contributed by atoms with Crippen molar-refractivity contribution in [2.45, 2.75) is 39.5 Å². The second-order valence-electron chi connectivity index (χ2n) is 7.30. The molecule has 0 unspecified atom stereocenters. The van der Waals surface area contributed by atoms with Gasteiger partial charge in [0.1, 0.15) is 18.0 Å². The van der Waals surface area contributed by atoms with Crippen molar-refractivity contribution in [3.63, 3.8) is 0 Å². The van der Waals surface area contributed by atoms with Crippen LogP contribution in [0.1, 0.15) is 39.5 Å². The summed E-state index contributed by atoms with van der Waals surface area (Å²) >= 11 is 0. The minimum atomic E-state index is -0.277. The number of unbranched alkanes of at least 4 members (excludes halogenated alkanes) is 1. The first-order valence-corrected chi connectivity index (χ1v) is 10.2. The molecule has 1 aromatic heterocycles. The van der Waals surface area contributed by atoms with E-state index in [1.165, 1.54) is 18.5 Å². The Morgan fingerprint density at radius 2 is 2.00 bits per heavy atom. The third-order valence-electron chi connectivity index (χ3n) is 5.42. The van der Waals surface area contributed by atoms with Gasteiger partial charge >= 0.3 is 0 Å². The highest BCUT2D eigenvalue weighted by Gasteiger charge is 2.28. The number of carbonyl (C=O) groups is 1. The van der Waals surface area contributed by atoms with Crippen molar-refractivity contribution in [3.05, 3.63) is 42.5 Å². The molecule has 6 heteroatoms. The molecule has 0 bridgehead atoms. The van der Waals surface area contributed by atoms with Crippen LogP contribution in [-0.2, 0) is 4.79 Å². The van der Waals surface area contributed by atoms with Gasteiger partial charge in [-0.05, 0) is 38.3 Å². The summed E-state index contributed by atoms with van der Waals surface area (Å²) in [6.07, 6.45) is 5.35. The number of aromatic nitrogens is 2. The first kappa shape index (κ1) is 20.2. The molecule has 0 N–H and O–H groups in total. The molecule has 5 nitrogen and oxygen atoms in total. The number of hydrogen-bond acceptors (Lipinski definition) is 4. The van der Waals surface area contributed by atoms with E-state index in [1.54, 1.807) is 6.07 Å². The molecule has 1 aromatic carbocycles. The monoisotopic (exact) mass is 384 g/mol. The average molecular weight is 384 g/mol. The molecule has 0 radical (unpaired) electrons. The number of anilines is 1. The Morgan fingerprint density at radius 1 is 1.21 bits per heavy atom. The van der Waals surface area contributed by atoms with Gasteiger partial charge in [-0.15, -0.1) is 0 Å². The second kappa shape index (κ2) is 9.62. The number of carbonyl (C=O) groups excluding carboxylic acids is 1. The normalized spacial score (nSPS) is 14.9. The molecular formula is C22H29FN4O. The largest absolute Gasteiger partial charge is 0.356 e. The molecular weight excluding hydrogens is 355 g/mol. The van der Waals surface area contributed by atoms with Crippen molar-refractivity contribution >= 4 is 11.7 Å². The topological polar surface area (TPSA) is 49.3 Å². The molecule has 0 spiro atoms. The first-order valence-electron chi connectivity index (χ1n) is 10.2. The Labute approximate surface area is 166 Å². The van der Waals surface area contributed by atoms with Crippen LogP contribution >= 0.6 is 0 Å². The number of piperidine rings is 1. The highest BCUT2D eigenvalue weighted by molar-refractivity contribution is 5.79. The number of halogens is 1. The van der Waals surface area contributed by atoms with Crippen LogP contribution in [-0.4, -0.2) is 47.0 Å². The fraction of sp³-hybridized carbons (Fsp3) is 0.500. The Morgan fingerprint density at radius 3 is 2.68 bits per heavy atom. The highest BCUT2D eigenvalue weighted by atomic mass is 19.1. The third-order valence-corrected chi connectivity index (χ3v) is 5.42. The Hall–Kier alpha value is -2.50. The van der Waals surface area contributed by atoms with E-state index in [0.717, 1.165) is 63.2 Å². The fourth-order valence-corrected chi connectivity index (χ4v) is 3.71. The van der Waals surface area contributed by atoms with Gasteiger partial charge in [0.15, 0.2) is 0 Å². The SMILES string of the molecule is CCCCN(CC)C(=O)C1CCN(c2cc(-c3cccc(F)c3)ncn2)CC1. The summed E-state index contributed by atoms with van der Waals surface area (Å²) < 4.78 is 13.5. The van der Waals surface area contributed by atoms with Gasteiger partial charge < -0.3 is 9.80 Å². The molecule has 2 aromatic rings. The Balaban J connectivity index is 1.63. The fourth-order valence-electron chi connectivity index (χ4n) is 3.71. The van der Waals surface area contributed by atoms with E-state index in [2.05, 4.69) is 28.7 Å². The summed E-state index contributed by atoms with van der Waals surface area (Å²) in [6.45, 7) is 7.42. The summed E-state index contributed by atoms with van der Waals surface area (Å²) in [7, 11) is 0. The Bertz CT molecular complexity index is 790. The van der Waals surface area contributed by atoms with Crippen molar-refractivity contribution in [3.8, 4) is 11.3 Å². The maximum Gasteiger partial charge on any atom is 0.225 e. The molecule has 3 rings (SSSR count). The molecule has 1 saturated heterocycles. The van der Waals surface area contributed by atoms with Gasteiger partial charge in [0, 0.05) is 43.7 Å². The van der Waals surface area contributed by atoms with Crippen molar-refractivity contribution in [2.24, 2.45) is 5.92 Å². The van der Waals surface area contributed by atoms with E-state index in [0.29, 0.717) is 11.6 Å². The van der Waals surface area contributed by atoms with Crippen LogP contribution in [0, 0.1) is 11.7 Å². The van der Waals surface area contributed by atoms with Crippen LogP contribution in [0.25, 0.3) is 11.3 Å². The molecule has 1 aliphatic rings. The smallest absolute Gasteiger partial charge is 0.225 e. The zero-order valence-corrected chi connectivity index (χ0v) is 16.8. The molecule has 28 heavy (non-hydrogen) atoms. The summed E-state index contributed by atoms with van der Waals surface area (Å²) in [4.78, 5) is 25.7. The van der Waals surface area contributed by atoms with Crippen molar-refractivity contribution in [1.29, 1.82) is 0 Å². The maximum absolute atomic E-state index is 13.5. The molecule has 150 valence electrons. The van der Waals surface area contributed by atoms with Gasteiger partial charge in [0.25, 0.3) is 0 Å². The van der Waals surface area contributed by atoms with Crippen LogP contribution in [0.2, 0.25) is 0 Å². The average Bonchev–Trinajstić information content (AvgIpc) is 2.74. The lowest BCUT2D eigenvalue weighted by atomic mass is 9.95. The molecule has 1 aliphatic heterocycles. The van der Waals surface area contributed by atoms with Crippen LogP contribution in [0.5, 0.6) is 0 Å². The number of nitrogens with zero attached hydrogens (tertiary/aromatic N) is 4.